The molecule has 0 fully saturated rings. The maximum Gasteiger partial charge on any atom is -0.0185 e. The lowest BCUT2D eigenvalue weighted by atomic mass is 10.0. The minimum atomic E-state index is 1.08. The summed E-state index contributed by atoms with van der Waals surface area (Å²) in [6.45, 7) is 6.35. The molecule has 0 radical (unpaired) electrons. The van der Waals surface area contributed by atoms with Crippen LogP contribution in [0.3, 0.4) is 0 Å². The van der Waals surface area contributed by atoms with Gasteiger partial charge in [-0.25, -0.2) is 0 Å². The Morgan fingerprint density at radius 1 is 1.36 bits per heavy atom. The third-order valence-electron chi connectivity index (χ3n) is 2.12. The predicted molar refractivity (Wildman–Crippen MR) is 64.3 cm³/mol. The molecule has 0 unspecified atom stereocenters. The molecular formula is C14H18. The van der Waals surface area contributed by atoms with Crippen LogP contribution in [-0.2, 0) is 0 Å². The van der Waals surface area contributed by atoms with Gasteiger partial charge in [0.2, 0.25) is 0 Å². The van der Waals surface area contributed by atoms with E-state index in [4.69, 9.17) is 0 Å². The number of allylic oxidation sites excluding steroid dienone is 4. The molecule has 0 heterocycles. The molecule has 0 saturated carbocycles. The molecule has 0 spiro atoms. The average Bonchev–Trinajstić information content (AvgIpc) is 2.17. The van der Waals surface area contributed by atoms with E-state index in [1.54, 1.807) is 0 Å². The molecule has 0 nitrogen and oxygen atoms in total. The summed E-state index contributed by atoms with van der Waals surface area (Å²) in [5.74, 6) is 0. The Bertz CT molecular complexity index is 343. The summed E-state index contributed by atoms with van der Waals surface area (Å²) >= 11 is 0. The Morgan fingerprint density at radius 3 is 2.71 bits per heavy atom. The summed E-state index contributed by atoms with van der Waals surface area (Å²) < 4.78 is 0. The van der Waals surface area contributed by atoms with Gasteiger partial charge in [0.15, 0.2) is 0 Å². The van der Waals surface area contributed by atoms with Crippen molar-refractivity contribution in [3.63, 3.8) is 0 Å². The van der Waals surface area contributed by atoms with Crippen LogP contribution >= 0.6 is 0 Å². The highest BCUT2D eigenvalue weighted by atomic mass is 14.0. The number of hydrogen-bond acceptors (Lipinski definition) is 0. The molecule has 0 N–H and O–H groups in total. The molecule has 0 aromatic heterocycles. The van der Waals surface area contributed by atoms with Crippen LogP contribution in [0, 0.1) is 6.92 Å². The highest BCUT2D eigenvalue weighted by Crippen LogP contribution is 2.17. The summed E-state index contributed by atoms with van der Waals surface area (Å²) in [6.07, 6.45) is 7.59. The molecule has 0 atom stereocenters. The summed E-state index contributed by atoms with van der Waals surface area (Å²) in [5.41, 5.74) is 3.94. The first-order chi connectivity index (χ1) is 6.77. The zero-order valence-corrected chi connectivity index (χ0v) is 9.25. The first-order valence-corrected chi connectivity index (χ1v) is 5.17. The topological polar surface area (TPSA) is 0 Å². The second-order valence-corrected chi connectivity index (χ2v) is 3.44. The molecule has 0 aliphatic carbocycles. The van der Waals surface area contributed by atoms with E-state index in [0.717, 1.165) is 6.42 Å². The lowest BCUT2D eigenvalue weighted by molar-refractivity contribution is 1.23. The molecule has 1 rings (SSSR count). The first kappa shape index (κ1) is 10.8. The van der Waals surface area contributed by atoms with Crippen molar-refractivity contribution in [3.8, 4) is 0 Å². The van der Waals surface area contributed by atoms with Crippen LogP contribution in [0.5, 0.6) is 0 Å². The van der Waals surface area contributed by atoms with E-state index in [1.165, 1.54) is 16.7 Å². The van der Waals surface area contributed by atoms with Gasteiger partial charge in [-0.1, -0.05) is 55.0 Å². The van der Waals surface area contributed by atoms with Gasteiger partial charge >= 0.3 is 0 Å². The fourth-order valence-electron chi connectivity index (χ4n) is 1.51. The van der Waals surface area contributed by atoms with Crippen molar-refractivity contribution >= 4 is 5.57 Å². The molecule has 0 bridgehead atoms. The fraction of sp³-hybridized carbons (Fsp3) is 0.286. The van der Waals surface area contributed by atoms with Crippen LogP contribution in [0.25, 0.3) is 5.57 Å². The van der Waals surface area contributed by atoms with E-state index in [0.29, 0.717) is 0 Å². The van der Waals surface area contributed by atoms with Crippen molar-refractivity contribution in [2.45, 2.75) is 27.2 Å². The highest BCUT2D eigenvalue weighted by molar-refractivity contribution is 5.74. The normalized spacial score (nSPS) is 12.4. The Balaban J connectivity index is 3.05. The Morgan fingerprint density at radius 2 is 2.14 bits per heavy atom. The van der Waals surface area contributed by atoms with E-state index in [9.17, 15) is 0 Å². The Kier molecular flexibility index (Phi) is 4.18. The van der Waals surface area contributed by atoms with Crippen LogP contribution < -0.4 is 0 Å². The number of benzene rings is 1. The molecule has 1 aromatic rings. The molecule has 1 aromatic carbocycles. The lowest BCUT2D eigenvalue weighted by Crippen LogP contribution is -1.82. The Hall–Kier alpha value is -1.30. The van der Waals surface area contributed by atoms with Gasteiger partial charge in [-0.15, -0.1) is 0 Å². The first-order valence-electron chi connectivity index (χ1n) is 5.17. The summed E-state index contributed by atoms with van der Waals surface area (Å²) in [7, 11) is 0. The van der Waals surface area contributed by atoms with Crippen molar-refractivity contribution in [1.29, 1.82) is 0 Å². The monoisotopic (exact) mass is 186 g/mol. The van der Waals surface area contributed by atoms with Crippen LogP contribution in [0.15, 0.2) is 42.5 Å². The zero-order valence-electron chi connectivity index (χ0n) is 9.25. The Labute approximate surface area is 87.0 Å². The van der Waals surface area contributed by atoms with E-state index < -0.39 is 0 Å². The van der Waals surface area contributed by atoms with Gasteiger partial charge in [-0.2, -0.15) is 0 Å². The largest absolute Gasteiger partial charge is 0.0871 e. The van der Waals surface area contributed by atoms with Crippen LogP contribution in [0.2, 0.25) is 0 Å². The minimum Gasteiger partial charge on any atom is -0.0871 e. The van der Waals surface area contributed by atoms with Gasteiger partial charge in [0.25, 0.3) is 0 Å². The third kappa shape index (κ3) is 2.88. The molecule has 0 aliphatic rings. The molecular weight excluding hydrogens is 168 g/mol. The smallest absolute Gasteiger partial charge is 0.0185 e. The van der Waals surface area contributed by atoms with Gasteiger partial charge in [0.1, 0.15) is 0 Å². The standard InChI is InChI=1S/C14H18/c1-4-7-13(8-5-2)14-10-6-9-12(3)11-14/h4,6-11H,5H2,1-3H3/b7-4-,13-8+. The van der Waals surface area contributed by atoms with Crippen molar-refractivity contribution in [2.24, 2.45) is 0 Å². The van der Waals surface area contributed by atoms with E-state index >= 15 is 0 Å². The van der Waals surface area contributed by atoms with E-state index in [-0.39, 0.29) is 0 Å². The summed E-state index contributed by atoms with van der Waals surface area (Å²) in [4.78, 5) is 0. The lowest BCUT2D eigenvalue weighted by Gasteiger charge is -2.03. The maximum atomic E-state index is 2.26. The van der Waals surface area contributed by atoms with E-state index in [1.807, 2.05) is 0 Å². The molecule has 0 amide bonds. The van der Waals surface area contributed by atoms with Gasteiger partial charge in [0.05, 0.1) is 0 Å². The molecule has 0 heteroatoms. The maximum absolute atomic E-state index is 2.26. The van der Waals surface area contributed by atoms with Crippen molar-refractivity contribution in [2.75, 3.05) is 0 Å². The van der Waals surface area contributed by atoms with Gasteiger partial charge in [-0.3, -0.25) is 0 Å². The van der Waals surface area contributed by atoms with Gasteiger partial charge < -0.3 is 0 Å². The SMILES string of the molecule is C/C=C\C(=C/CC)c1cccc(C)c1. The van der Waals surface area contributed by atoms with Crippen LogP contribution in [0.1, 0.15) is 31.4 Å². The number of hydrogen-bond donors (Lipinski definition) is 0. The summed E-state index contributed by atoms with van der Waals surface area (Å²) in [5, 5.41) is 0. The number of aryl methyl sites for hydroxylation is 1. The van der Waals surface area contributed by atoms with E-state index in [2.05, 4.69) is 63.3 Å². The third-order valence-corrected chi connectivity index (χ3v) is 2.12. The fourth-order valence-corrected chi connectivity index (χ4v) is 1.51. The second kappa shape index (κ2) is 5.43. The van der Waals surface area contributed by atoms with Gasteiger partial charge in [0, 0.05) is 0 Å². The molecule has 0 saturated heterocycles. The van der Waals surface area contributed by atoms with Gasteiger partial charge in [-0.05, 0) is 31.4 Å². The molecule has 14 heavy (non-hydrogen) atoms. The van der Waals surface area contributed by atoms with Crippen molar-refractivity contribution in [1.82, 2.24) is 0 Å². The van der Waals surface area contributed by atoms with Crippen LogP contribution in [-0.4, -0.2) is 0 Å². The second-order valence-electron chi connectivity index (χ2n) is 3.44. The highest BCUT2D eigenvalue weighted by Gasteiger charge is 1.96. The molecule has 74 valence electrons. The van der Waals surface area contributed by atoms with Crippen molar-refractivity contribution in [3.05, 3.63) is 53.6 Å². The minimum absolute atomic E-state index is 1.08. The van der Waals surface area contributed by atoms with Crippen molar-refractivity contribution < 1.29 is 0 Å². The quantitative estimate of drug-likeness (QED) is 0.615. The van der Waals surface area contributed by atoms with Crippen LogP contribution in [0.4, 0.5) is 0 Å². The average molecular weight is 186 g/mol. The predicted octanol–water partition coefficient (Wildman–Crippen LogP) is 4.36. The molecule has 0 aliphatic heterocycles. The summed E-state index contributed by atoms with van der Waals surface area (Å²) in [6, 6.07) is 8.62. The zero-order chi connectivity index (χ0) is 10.4. The number of rotatable bonds is 3.